The molecule has 0 heterocycles. The third-order valence-electron chi connectivity index (χ3n) is 1.27. The molecule has 1 aromatic carbocycles. The van der Waals surface area contributed by atoms with E-state index in [9.17, 15) is 4.39 Å². The van der Waals surface area contributed by atoms with Gasteiger partial charge >= 0.3 is 7.82 Å². The minimum absolute atomic E-state index is 0.377. The smallest absolute Gasteiger partial charge is 0.466 e. The van der Waals surface area contributed by atoms with Crippen LogP contribution in [0.3, 0.4) is 0 Å². The number of rotatable bonds is 2. The summed E-state index contributed by atoms with van der Waals surface area (Å²) in [6, 6.07) is 4.16. The van der Waals surface area contributed by atoms with E-state index in [-0.39, 0.29) is 5.82 Å². The zero-order valence-electron chi connectivity index (χ0n) is 8.29. The first-order valence-corrected chi connectivity index (χ1v) is 5.42. The summed E-state index contributed by atoms with van der Waals surface area (Å²) in [6.07, 6.45) is 0. The van der Waals surface area contributed by atoms with Crippen LogP contribution in [0.4, 0.5) is 10.1 Å². The second kappa shape index (κ2) is 6.41. The van der Waals surface area contributed by atoms with Crippen LogP contribution in [0.15, 0.2) is 18.2 Å². The highest BCUT2D eigenvalue weighted by Crippen LogP contribution is 2.25. The molecule has 0 fully saturated rings. The molecule has 1 aromatic rings. The van der Waals surface area contributed by atoms with Crippen molar-refractivity contribution < 1.29 is 28.4 Å². The number of hydrogen-bond donors (Lipinski definition) is 5. The number of methoxy groups -OCH3 is 1. The molecule has 9 heteroatoms. The van der Waals surface area contributed by atoms with Crippen LogP contribution < -0.4 is 16.0 Å². The van der Waals surface area contributed by atoms with Gasteiger partial charge in [0.1, 0.15) is 11.6 Å². The van der Waals surface area contributed by atoms with Gasteiger partial charge in [0.15, 0.2) is 0 Å². The molecular formula is C7H12FN2O5P. The van der Waals surface area contributed by atoms with Crippen LogP contribution in [-0.2, 0) is 4.57 Å². The van der Waals surface area contributed by atoms with Crippen LogP contribution in [0.2, 0.25) is 0 Å². The Morgan fingerprint density at radius 1 is 1.38 bits per heavy atom. The van der Waals surface area contributed by atoms with E-state index in [1.165, 1.54) is 19.2 Å². The van der Waals surface area contributed by atoms with Gasteiger partial charge in [-0.3, -0.25) is 5.84 Å². The van der Waals surface area contributed by atoms with Gasteiger partial charge in [0.05, 0.1) is 12.8 Å². The Morgan fingerprint density at radius 3 is 2.25 bits per heavy atom. The SMILES string of the molecule is COc1cc(F)cc(NN)c1.O=P(O)(O)O. The summed E-state index contributed by atoms with van der Waals surface area (Å²) in [5.74, 6) is 5.14. The number of phosphoric acid groups is 1. The Hall–Kier alpha value is -1.18. The molecule has 0 spiro atoms. The van der Waals surface area contributed by atoms with Gasteiger partial charge in [-0.1, -0.05) is 0 Å². The van der Waals surface area contributed by atoms with Crippen molar-refractivity contribution in [1.82, 2.24) is 0 Å². The van der Waals surface area contributed by atoms with E-state index in [0.717, 1.165) is 0 Å². The fourth-order valence-corrected chi connectivity index (χ4v) is 0.764. The summed E-state index contributed by atoms with van der Waals surface area (Å²) >= 11 is 0. The molecule has 0 atom stereocenters. The van der Waals surface area contributed by atoms with Crippen molar-refractivity contribution in [3.05, 3.63) is 24.0 Å². The van der Waals surface area contributed by atoms with Crippen LogP contribution in [-0.4, -0.2) is 21.8 Å². The van der Waals surface area contributed by atoms with Crippen molar-refractivity contribution in [2.75, 3.05) is 12.5 Å². The van der Waals surface area contributed by atoms with Gasteiger partial charge in [0, 0.05) is 12.1 Å². The first-order chi connectivity index (χ1) is 7.26. The van der Waals surface area contributed by atoms with Crippen molar-refractivity contribution in [3.63, 3.8) is 0 Å². The maximum Gasteiger partial charge on any atom is 0.466 e. The number of hydrazine groups is 1. The van der Waals surface area contributed by atoms with Crippen LogP contribution >= 0.6 is 7.82 Å². The minimum atomic E-state index is -4.64. The number of nitrogens with one attached hydrogen (secondary N) is 1. The third kappa shape index (κ3) is 8.16. The number of nitrogens with two attached hydrogens (primary N) is 1. The predicted molar refractivity (Wildman–Crippen MR) is 55.0 cm³/mol. The lowest BCUT2D eigenvalue weighted by Gasteiger charge is -2.03. The van der Waals surface area contributed by atoms with Gasteiger partial charge < -0.3 is 24.8 Å². The van der Waals surface area contributed by atoms with Crippen LogP contribution in [0.1, 0.15) is 0 Å². The highest BCUT2D eigenvalue weighted by molar-refractivity contribution is 7.45. The monoisotopic (exact) mass is 254 g/mol. The average Bonchev–Trinajstić information content (AvgIpc) is 2.14. The summed E-state index contributed by atoms with van der Waals surface area (Å²) in [6.45, 7) is 0. The fraction of sp³-hybridized carbons (Fsp3) is 0.143. The third-order valence-corrected chi connectivity index (χ3v) is 1.27. The molecule has 92 valence electrons. The van der Waals surface area contributed by atoms with Crippen LogP contribution in [0.25, 0.3) is 0 Å². The van der Waals surface area contributed by atoms with Crippen molar-refractivity contribution in [2.45, 2.75) is 0 Å². The molecule has 1 rings (SSSR count). The molecule has 0 radical (unpaired) electrons. The Balaban J connectivity index is 0.000000385. The van der Waals surface area contributed by atoms with Gasteiger partial charge in [0.2, 0.25) is 0 Å². The van der Waals surface area contributed by atoms with E-state index in [0.29, 0.717) is 11.4 Å². The summed E-state index contributed by atoms with van der Waals surface area (Å²) in [4.78, 5) is 21.6. The lowest BCUT2D eigenvalue weighted by molar-refractivity contribution is 0.275. The number of halogens is 1. The van der Waals surface area contributed by atoms with Crippen LogP contribution in [0.5, 0.6) is 5.75 Å². The number of ether oxygens (including phenoxy) is 1. The van der Waals surface area contributed by atoms with E-state index in [1.807, 2.05) is 0 Å². The van der Waals surface area contributed by atoms with Crippen LogP contribution in [0, 0.1) is 5.82 Å². The molecule has 6 N–H and O–H groups in total. The summed E-state index contributed by atoms with van der Waals surface area (Å²) in [5, 5.41) is 0. The molecule has 0 aliphatic carbocycles. The Labute approximate surface area is 90.9 Å². The van der Waals surface area contributed by atoms with Crippen molar-refractivity contribution in [1.29, 1.82) is 0 Å². The highest BCUT2D eigenvalue weighted by Gasteiger charge is 2.00. The first kappa shape index (κ1) is 14.8. The maximum absolute atomic E-state index is 12.6. The van der Waals surface area contributed by atoms with Crippen molar-refractivity contribution in [3.8, 4) is 5.75 Å². The van der Waals surface area contributed by atoms with Gasteiger partial charge in [-0.25, -0.2) is 8.96 Å². The zero-order chi connectivity index (χ0) is 12.8. The van der Waals surface area contributed by atoms with Gasteiger partial charge in [-0.05, 0) is 6.07 Å². The molecule has 0 aliphatic rings. The minimum Gasteiger partial charge on any atom is -0.497 e. The number of anilines is 1. The topological polar surface area (TPSA) is 125 Å². The molecule has 0 saturated heterocycles. The van der Waals surface area contributed by atoms with Crippen molar-refractivity contribution in [2.24, 2.45) is 5.84 Å². The molecule has 0 aliphatic heterocycles. The summed E-state index contributed by atoms with van der Waals surface area (Å²) < 4.78 is 26.3. The molecule has 0 unspecified atom stereocenters. The molecule has 0 aromatic heterocycles. The quantitative estimate of drug-likeness (QED) is 0.290. The lowest BCUT2D eigenvalue weighted by Crippen LogP contribution is -2.06. The maximum atomic E-state index is 12.6. The number of benzene rings is 1. The number of nitrogen functional groups attached to an aromatic ring is 1. The molecule has 0 bridgehead atoms. The zero-order valence-corrected chi connectivity index (χ0v) is 9.19. The second-order valence-corrected chi connectivity index (χ2v) is 3.56. The molecule has 7 nitrogen and oxygen atoms in total. The fourth-order valence-electron chi connectivity index (χ4n) is 0.764. The van der Waals surface area contributed by atoms with E-state index >= 15 is 0 Å². The van der Waals surface area contributed by atoms with E-state index in [1.54, 1.807) is 6.07 Å². The summed E-state index contributed by atoms with van der Waals surface area (Å²) in [5.41, 5.74) is 2.81. The van der Waals surface area contributed by atoms with E-state index in [2.05, 4.69) is 5.43 Å². The standard InChI is InChI=1S/C7H9FN2O.H3O4P/c1-11-7-3-5(8)2-6(4-7)10-9;1-5(2,3)4/h2-4,10H,9H2,1H3;(H3,1,2,3,4). The summed E-state index contributed by atoms with van der Waals surface area (Å²) in [7, 11) is -3.17. The van der Waals surface area contributed by atoms with E-state index in [4.69, 9.17) is 29.8 Å². The van der Waals surface area contributed by atoms with Crippen molar-refractivity contribution >= 4 is 13.5 Å². The Kier molecular flexibility index (Phi) is 5.94. The predicted octanol–water partition coefficient (Wildman–Crippen LogP) is 0.191. The Morgan fingerprint density at radius 2 is 1.88 bits per heavy atom. The normalized spacial score (nSPS) is 10.1. The number of hydrogen-bond acceptors (Lipinski definition) is 4. The van der Waals surface area contributed by atoms with Gasteiger partial charge in [-0.2, -0.15) is 0 Å². The molecule has 0 saturated carbocycles. The van der Waals surface area contributed by atoms with Gasteiger partial charge in [0.25, 0.3) is 0 Å². The van der Waals surface area contributed by atoms with Gasteiger partial charge in [-0.15, -0.1) is 0 Å². The Bertz CT molecular complexity index is 353. The lowest BCUT2D eigenvalue weighted by atomic mass is 10.3. The molecular weight excluding hydrogens is 242 g/mol. The molecule has 0 amide bonds. The molecule has 16 heavy (non-hydrogen) atoms. The highest BCUT2D eigenvalue weighted by atomic mass is 31.2. The van der Waals surface area contributed by atoms with E-state index < -0.39 is 7.82 Å². The largest absolute Gasteiger partial charge is 0.497 e. The second-order valence-electron chi connectivity index (χ2n) is 2.54. The average molecular weight is 254 g/mol. The first-order valence-electron chi connectivity index (χ1n) is 3.85.